The molecule has 1 aromatic carbocycles. The summed E-state index contributed by atoms with van der Waals surface area (Å²) in [6.07, 6.45) is 1.29. The van der Waals surface area contributed by atoms with E-state index >= 15 is 0 Å². The van der Waals surface area contributed by atoms with Crippen molar-refractivity contribution < 1.29 is 12.8 Å². The van der Waals surface area contributed by atoms with Crippen molar-refractivity contribution in [3.8, 4) is 11.1 Å². The van der Waals surface area contributed by atoms with Crippen molar-refractivity contribution in [3.05, 3.63) is 64.3 Å². The van der Waals surface area contributed by atoms with Gasteiger partial charge in [0.1, 0.15) is 5.83 Å². The lowest BCUT2D eigenvalue weighted by molar-refractivity contribution is 0.521. The molecule has 0 aliphatic heterocycles. The molecular weight excluding hydrogens is 395 g/mol. The lowest BCUT2D eigenvalue weighted by Crippen LogP contribution is -2.22. The third-order valence-corrected chi connectivity index (χ3v) is 6.57. The minimum Gasteiger partial charge on any atom is -0.336 e. The molecule has 0 aliphatic carbocycles. The maximum atomic E-state index is 14.2. The van der Waals surface area contributed by atoms with Crippen molar-refractivity contribution in [1.29, 1.82) is 0 Å². The highest BCUT2D eigenvalue weighted by atomic mass is 32.2. The second-order valence-corrected chi connectivity index (χ2v) is 8.98. The fourth-order valence-electron chi connectivity index (χ4n) is 3.30. The first-order valence-corrected chi connectivity index (χ1v) is 10.4. The molecule has 0 fully saturated rings. The van der Waals surface area contributed by atoms with Crippen LogP contribution in [-0.2, 0) is 16.6 Å². The molecule has 2 aromatic heterocycles. The maximum absolute atomic E-state index is 14.2. The second-order valence-electron chi connectivity index (χ2n) is 6.83. The zero-order valence-electron chi connectivity index (χ0n) is 16.4. The van der Waals surface area contributed by atoms with E-state index in [9.17, 15) is 17.6 Å². The Morgan fingerprint density at radius 1 is 1.28 bits per heavy atom. The Kier molecular flexibility index (Phi) is 5.74. The van der Waals surface area contributed by atoms with Gasteiger partial charge in [-0.2, -0.15) is 0 Å². The molecule has 29 heavy (non-hydrogen) atoms. The summed E-state index contributed by atoms with van der Waals surface area (Å²) in [6, 6.07) is 9.47. The Bertz CT molecular complexity index is 1260. The number of pyridine rings is 1. The average Bonchev–Trinajstić information content (AvgIpc) is 2.92. The number of aromatic amines is 1. The highest BCUT2D eigenvalue weighted by Crippen LogP contribution is 2.34. The van der Waals surface area contributed by atoms with Crippen molar-refractivity contribution in [1.82, 2.24) is 13.9 Å². The molecule has 3 rings (SSSR count). The SMILES string of the molecule is Cc1c(-c2cccc(S(=O)(=O)N(C)C)c2)c2[nH]c(=O)ccc2n1C/C(F)=C/CN. The van der Waals surface area contributed by atoms with Crippen molar-refractivity contribution in [2.45, 2.75) is 18.4 Å². The highest BCUT2D eigenvalue weighted by Gasteiger charge is 2.21. The third kappa shape index (κ3) is 3.89. The number of benzene rings is 1. The van der Waals surface area contributed by atoms with Crippen LogP contribution in [0.25, 0.3) is 22.2 Å². The van der Waals surface area contributed by atoms with Gasteiger partial charge in [-0.1, -0.05) is 12.1 Å². The molecule has 154 valence electrons. The molecule has 0 aliphatic rings. The first kappa shape index (κ1) is 21.0. The molecule has 9 heteroatoms. The molecule has 0 bridgehead atoms. The van der Waals surface area contributed by atoms with E-state index in [2.05, 4.69) is 4.98 Å². The van der Waals surface area contributed by atoms with Gasteiger partial charge < -0.3 is 15.3 Å². The molecule has 0 radical (unpaired) electrons. The van der Waals surface area contributed by atoms with Crippen molar-refractivity contribution in [2.75, 3.05) is 20.6 Å². The monoisotopic (exact) mass is 418 g/mol. The van der Waals surface area contributed by atoms with E-state index in [-0.39, 0.29) is 23.5 Å². The Morgan fingerprint density at radius 3 is 2.66 bits per heavy atom. The zero-order valence-corrected chi connectivity index (χ0v) is 17.3. The fourth-order valence-corrected chi connectivity index (χ4v) is 4.25. The van der Waals surface area contributed by atoms with Crippen LogP contribution in [0.15, 0.2) is 58.0 Å². The molecule has 2 heterocycles. The van der Waals surface area contributed by atoms with E-state index in [0.717, 1.165) is 4.31 Å². The van der Waals surface area contributed by atoms with Gasteiger partial charge >= 0.3 is 0 Å². The van der Waals surface area contributed by atoms with Crippen LogP contribution in [0.4, 0.5) is 4.39 Å². The van der Waals surface area contributed by atoms with E-state index in [1.807, 2.05) is 0 Å². The Labute approximate surface area is 168 Å². The molecular formula is C20H23FN4O3S. The highest BCUT2D eigenvalue weighted by molar-refractivity contribution is 7.89. The minimum absolute atomic E-state index is 0.0404. The van der Waals surface area contributed by atoms with Gasteiger partial charge in [-0.25, -0.2) is 17.1 Å². The topological polar surface area (TPSA) is 101 Å². The number of halogens is 1. The standard InChI is InChI=1S/C20H23FN4O3S/c1-13-19(14-5-4-6-16(11-14)29(27,28)24(2)3)20-17(7-8-18(26)23-20)25(13)12-15(21)9-10-22/h4-9,11H,10,12,22H2,1-3H3,(H,23,26)/b15-9-. The molecule has 0 unspecified atom stereocenters. The first-order chi connectivity index (χ1) is 13.7. The van der Waals surface area contributed by atoms with E-state index < -0.39 is 15.9 Å². The predicted octanol–water partition coefficient (Wildman–Crippen LogP) is 2.37. The number of nitrogens with one attached hydrogen (secondary N) is 1. The number of hydrogen-bond donors (Lipinski definition) is 2. The molecule has 0 amide bonds. The van der Waals surface area contributed by atoms with Gasteiger partial charge in [-0.15, -0.1) is 0 Å². The number of nitrogens with zero attached hydrogens (tertiary/aromatic N) is 2. The van der Waals surface area contributed by atoms with Gasteiger partial charge in [0.25, 0.3) is 0 Å². The van der Waals surface area contributed by atoms with E-state index in [1.165, 1.54) is 32.3 Å². The van der Waals surface area contributed by atoms with Crippen molar-refractivity contribution in [3.63, 3.8) is 0 Å². The van der Waals surface area contributed by atoms with Crippen LogP contribution in [0.3, 0.4) is 0 Å². The molecule has 0 saturated carbocycles. The molecule has 0 spiro atoms. The summed E-state index contributed by atoms with van der Waals surface area (Å²) in [5.74, 6) is -0.394. The summed E-state index contributed by atoms with van der Waals surface area (Å²) in [4.78, 5) is 14.9. The van der Waals surface area contributed by atoms with E-state index in [0.29, 0.717) is 27.9 Å². The molecule has 0 saturated heterocycles. The van der Waals surface area contributed by atoms with Gasteiger partial charge in [0.05, 0.1) is 22.5 Å². The normalized spacial score (nSPS) is 12.8. The van der Waals surface area contributed by atoms with Crippen LogP contribution >= 0.6 is 0 Å². The molecule has 7 nitrogen and oxygen atoms in total. The van der Waals surface area contributed by atoms with E-state index in [1.54, 1.807) is 35.8 Å². The molecule has 3 N–H and O–H groups in total. The second kappa shape index (κ2) is 7.94. The Balaban J connectivity index is 2.28. The van der Waals surface area contributed by atoms with Gasteiger partial charge in [0.15, 0.2) is 0 Å². The lowest BCUT2D eigenvalue weighted by Gasteiger charge is -2.12. The molecule has 3 aromatic rings. The van der Waals surface area contributed by atoms with Crippen LogP contribution in [0.5, 0.6) is 0 Å². The first-order valence-electron chi connectivity index (χ1n) is 8.96. The van der Waals surface area contributed by atoms with Crippen LogP contribution in [0, 0.1) is 6.92 Å². The number of rotatable bonds is 6. The number of fused-ring (bicyclic) bond motifs is 1. The number of aromatic nitrogens is 2. The molecule has 0 atom stereocenters. The smallest absolute Gasteiger partial charge is 0.248 e. The zero-order chi connectivity index (χ0) is 21.3. The fraction of sp³-hybridized carbons (Fsp3) is 0.250. The van der Waals surface area contributed by atoms with Gasteiger partial charge in [-0.3, -0.25) is 4.79 Å². The summed E-state index contributed by atoms with van der Waals surface area (Å²) in [5, 5.41) is 0. The summed E-state index contributed by atoms with van der Waals surface area (Å²) >= 11 is 0. The summed E-state index contributed by atoms with van der Waals surface area (Å²) in [6.45, 7) is 1.84. The average molecular weight is 418 g/mol. The largest absolute Gasteiger partial charge is 0.336 e. The van der Waals surface area contributed by atoms with Gasteiger partial charge in [0.2, 0.25) is 15.6 Å². The summed E-state index contributed by atoms with van der Waals surface area (Å²) in [7, 11) is -0.707. The lowest BCUT2D eigenvalue weighted by atomic mass is 10.1. The number of H-pyrrole nitrogens is 1. The van der Waals surface area contributed by atoms with E-state index in [4.69, 9.17) is 5.73 Å². The van der Waals surface area contributed by atoms with Crippen LogP contribution in [0.1, 0.15) is 5.69 Å². The minimum atomic E-state index is -3.63. The van der Waals surface area contributed by atoms with Crippen LogP contribution in [0.2, 0.25) is 0 Å². The van der Waals surface area contributed by atoms with Gasteiger partial charge in [0, 0.05) is 38.0 Å². The summed E-state index contributed by atoms with van der Waals surface area (Å²) in [5.41, 5.74) is 8.21. The number of nitrogens with two attached hydrogens (primary N) is 1. The Morgan fingerprint density at radius 2 is 2.00 bits per heavy atom. The number of hydrogen-bond acceptors (Lipinski definition) is 4. The van der Waals surface area contributed by atoms with Crippen LogP contribution < -0.4 is 11.3 Å². The maximum Gasteiger partial charge on any atom is 0.248 e. The van der Waals surface area contributed by atoms with Gasteiger partial charge in [-0.05, 0) is 36.8 Å². The number of sulfonamides is 1. The number of allylic oxidation sites excluding steroid dienone is 1. The quantitative estimate of drug-likeness (QED) is 0.642. The van der Waals surface area contributed by atoms with Crippen molar-refractivity contribution >= 4 is 21.1 Å². The third-order valence-electron chi connectivity index (χ3n) is 4.75. The Hall–Kier alpha value is -2.75. The van der Waals surface area contributed by atoms with Crippen molar-refractivity contribution in [2.24, 2.45) is 5.73 Å². The predicted molar refractivity (Wildman–Crippen MR) is 112 cm³/mol. The summed E-state index contributed by atoms with van der Waals surface area (Å²) < 4.78 is 42.1. The van der Waals surface area contributed by atoms with Crippen LogP contribution in [-0.4, -0.2) is 42.9 Å².